The first kappa shape index (κ1) is 13.4. The molecule has 18 heavy (non-hydrogen) atoms. The highest BCUT2D eigenvalue weighted by Gasteiger charge is 2.30. The van der Waals surface area contributed by atoms with Crippen LogP contribution in [0.1, 0.15) is 30.1 Å². The van der Waals surface area contributed by atoms with Gasteiger partial charge in [-0.3, -0.25) is 0 Å². The van der Waals surface area contributed by atoms with E-state index in [2.05, 4.69) is 15.3 Å². The molecule has 0 spiro atoms. The Morgan fingerprint density at radius 1 is 1.44 bits per heavy atom. The molecule has 0 saturated heterocycles. The third-order valence-corrected chi connectivity index (χ3v) is 3.16. The van der Waals surface area contributed by atoms with Gasteiger partial charge in [0.05, 0.1) is 6.54 Å². The molecule has 2 rings (SSSR count). The third-order valence-electron chi connectivity index (χ3n) is 2.79. The van der Waals surface area contributed by atoms with Gasteiger partial charge in [0, 0.05) is 11.5 Å². The summed E-state index contributed by atoms with van der Waals surface area (Å²) in [6.07, 6.45) is 2.01. The zero-order valence-corrected chi connectivity index (χ0v) is 10.6. The Hall–Kier alpha value is -1.01. The zero-order valence-electron chi connectivity index (χ0n) is 9.88. The van der Waals surface area contributed by atoms with Gasteiger partial charge in [0.2, 0.25) is 0 Å². The quantitative estimate of drug-likeness (QED) is 0.811. The van der Waals surface area contributed by atoms with E-state index in [1.807, 2.05) is 0 Å². The van der Waals surface area contributed by atoms with Crippen LogP contribution in [0.15, 0.2) is 0 Å². The van der Waals surface area contributed by atoms with E-state index in [9.17, 15) is 8.78 Å². The minimum Gasteiger partial charge on any atom is -0.390 e. The van der Waals surface area contributed by atoms with Crippen LogP contribution in [0.3, 0.4) is 0 Å². The number of hydrogen-bond acceptors (Lipinski definition) is 4. The van der Waals surface area contributed by atoms with Crippen molar-refractivity contribution in [1.29, 1.82) is 0 Å². The number of hydrogen-bond donors (Lipinski definition) is 2. The van der Waals surface area contributed by atoms with E-state index < -0.39 is 19.1 Å². The number of rotatable bonds is 5. The molecule has 100 valence electrons. The number of aliphatic hydroxyl groups excluding tert-OH is 1. The average Bonchev–Trinajstić information content (AvgIpc) is 3.15. The van der Waals surface area contributed by atoms with Crippen molar-refractivity contribution in [1.82, 2.24) is 9.97 Å². The Morgan fingerprint density at radius 2 is 2.11 bits per heavy atom. The SMILES string of the molecule is Cc1c(Cl)nc(C2CC2)nc1NCC(F)(F)CO. The highest BCUT2D eigenvalue weighted by molar-refractivity contribution is 6.30. The topological polar surface area (TPSA) is 58.0 Å². The van der Waals surface area contributed by atoms with Crippen molar-refractivity contribution in [2.75, 3.05) is 18.5 Å². The predicted octanol–water partition coefficient (Wildman–Crippen LogP) is 2.36. The van der Waals surface area contributed by atoms with E-state index in [0.717, 1.165) is 12.8 Å². The van der Waals surface area contributed by atoms with Crippen LogP contribution < -0.4 is 5.32 Å². The maximum atomic E-state index is 13.0. The monoisotopic (exact) mass is 277 g/mol. The van der Waals surface area contributed by atoms with Crippen LogP contribution in [-0.2, 0) is 0 Å². The molecule has 1 aromatic rings. The molecule has 0 unspecified atom stereocenters. The largest absolute Gasteiger partial charge is 0.390 e. The normalized spacial score (nSPS) is 15.8. The Labute approximate surface area is 108 Å². The van der Waals surface area contributed by atoms with Gasteiger partial charge in [-0.25, -0.2) is 18.7 Å². The summed E-state index contributed by atoms with van der Waals surface area (Å²) in [5.41, 5.74) is 0.537. The minimum atomic E-state index is -3.18. The van der Waals surface area contributed by atoms with Crippen LogP contribution in [0.25, 0.3) is 0 Å². The smallest absolute Gasteiger partial charge is 0.287 e. The molecule has 0 aromatic carbocycles. The summed E-state index contributed by atoms with van der Waals surface area (Å²) < 4.78 is 25.9. The summed E-state index contributed by atoms with van der Waals surface area (Å²) in [7, 11) is 0. The maximum Gasteiger partial charge on any atom is 0.287 e. The van der Waals surface area contributed by atoms with Crippen LogP contribution in [-0.4, -0.2) is 34.1 Å². The molecule has 1 aliphatic carbocycles. The molecule has 0 amide bonds. The van der Waals surface area contributed by atoms with Crippen molar-refractivity contribution in [2.24, 2.45) is 0 Å². The summed E-state index contributed by atoms with van der Waals surface area (Å²) in [4.78, 5) is 8.35. The van der Waals surface area contributed by atoms with Crippen molar-refractivity contribution < 1.29 is 13.9 Å². The Kier molecular flexibility index (Phi) is 3.68. The van der Waals surface area contributed by atoms with Crippen molar-refractivity contribution in [3.63, 3.8) is 0 Å². The molecule has 1 heterocycles. The molecule has 0 radical (unpaired) electrons. The number of nitrogens with one attached hydrogen (secondary N) is 1. The number of anilines is 1. The number of nitrogens with zero attached hydrogens (tertiary/aromatic N) is 2. The average molecular weight is 278 g/mol. The second-order valence-corrected chi connectivity index (χ2v) is 4.85. The first-order chi connectivity index (χ1) is 8.43. The molecule has 1 aromatic heterocycles. The predicted molar refractivity (Wildman–Crippen MR) is 64.3 cm³/mol. The van der Waals surface area contributed by atoms with Gasteiger partial charge in [-0.2, -0.15) is 0 Å². The molecule has 4 nitrogen and oxygen atoms in total. The van der Waals surface area contributed by atoms with Crippen LogP contribution in [0.5, 0.6) is 0 Å². The lowest BCUT2D eigenvalue weighted by Crippen LogP contribution is -2.31. The molecule has 1 aliphatic rings. The van der Waals surface area contributed by atoms with Crippen molar-refractivity contribution in [3.8, 4) is 0 Å². The van der Waals surface area contributed by atoms with Gasteiger partial charge in [-0.05, 0) is 19.8 Å². The number of aromatic nitrogens is 2. The van der Waals surface area contributed by atoms with Crippen LogP contribution >= 0.6 is 11.6 Å². The molecular formula is C11H14ClF2N3O. The summed E-state index contributed by atoms with van der Waals surface area (Å²) in [6.45, 7) is -0.215. The van der Waals surface area contributed by atoms with Gasteiger partial charge in [-0.15, -0.1) is 0 Å². The van der Waals surface area contributed by atoms with Gasteiger partial charge in [0.25, 0.3) is 5.92 Å². The fourth-order valence-electron chi connectivity index (χ4n) is 1.47. The van der Waals surface area contributed by atoms with E-state index in [1.54, 1.807) is 6.92 Å². The van der Waals surface area contributed by atoms with E-state index in [1.165, 1.54) is 0 Å². The van der Waals surface area contributed by atoms with E-state index in [-0.39, 0.29) is 5.15 Å². The molecule has 2 N–H and O–H groups in total. The van der Waals surface area contributed by atoms with Crippen molar-refractivity contribution >= 4 is 17.4 Å². The fourth-order valence-corrected chi connectivity index (χ4v) is 1.65. The fraction of sp³-hybridized carbons (Fsp3) is 0.636. The van der Waals surface area contributed by atoms with E-state index in [0.29, 0.717) is 23.1 Å². The minimum absolute atomic E-state index is 0.279. The summed E-state index contributed by atoms with van der Waals surface area (Å²) >= 11 is 5.95. The summed E-state index contributed by atoms with van der Waals surface area (Å²) in [5.74, 6) is -1.98. The van der Waals surface area contributed by atoms with Crippen LogP contribution in [0.2, 0.25) is 5.15 Å². The number of halogens is 3. The summed E-state index contributed by atoms with van der Waals surface area (Å²) in [6, 6.07) is 0. The van der Waals surface area contributed by atoms with Gasteiger partial charge in [-0.1, -0.05) is 11.6 Å². The van der Waals surface area contributed by atoms with E-state index >= 15 is 0 Å². The second-order valence-electron chi connectivity index (χ2n) is 4.49. The maximum absolute atomic E-state index is 13.0. The highest BCUT2D eigenvalue weighted by Crippen LogP contribution is 2.39. The number of aliphatic hydroxyl groups is 1. The first-order valence-electron chi connectivity index (χ1n) is 5.69. The number of alkyl halides is 2. The molecular weight excluding hydrogens is 264 g/mol. The highest BCUT2D eigenvalue weighted by atomic mass is 35.5. The van der Waals surface area contributed by atoms with Gasteiger partial charge < -0.3 is 10.4 Å². The zero-order chi connectivity index (χ0) is 13.3. The standard InChI is InChI=1S/C11H14ClF2N3O/c1-6-8(12)16-10(7-2-3-7)17-9(6)15-4-11(13,14)5-18/h7,18H,2-5H2,1H3,(H,15,16,17). The molecule has 0 atom stereocenters. The van der Waals surface area contributed by atoms with Gasteiger partial charge >= 0.3 is 0 Å². The summed E-state index contributed by atoms with van der Waals surface area (Å²) in [5, 5.41) is 11.3. The molecule has 7 heteroatoms. The first-order valence-corrected chi connectivity index (χ1v) is 6.07. The molecule has 0 aliphatic heterocycles. The second kappa shape index (κ2) is 4.93. The Morgan fingerprint density at radius 3 is 2.67 bits per heavy atom. The van der Waals surface area contributed by atoms with Crippen molar-refractivity contribution in [2.45, 2.75) is 31.6 Å². The van der Waals surface area contributed by atoms with Crippen molar-refractivity contribution in [3.05, 3.63) is 16.5 Å². The van der Waals surface area contributed by atoms with E-state index in [4.69, 9.17) is 16.7 Å². The Bertz CT molecular complexity index is 452. The molecule has 1 fully saturated rings. The van der Waals surface area contributed by atoms with Crippen LogP contribution in [0, 0.1) is 6.92 Å². The van der Waals surface area contributed by atoms with Gasteiger partial charge in [0.1, 0.15) is 23.4 Å². The van der Waals surface area contributed by atoms with Gasteiger partial charge in [0.15, 0.2) is 0 Å². The lowest BCUT2D eigenvalue weighted by Gasteiger charge is -2.16. The molecule has 0 bridgehead atoms. The third kappa shape index (κ3) is 3.05. The lowest BCUT2D eigenvalue weighted by molar-refractivity contribution is -0.0373. The lowest BCUT2D eigenvalue weighted by atomic mass is 10.3. The van der Waals surface area contributed by atoms with Crippen LogP contribution in [0.4, 0.5) is 14.6 Å². The Balaban J connectivity index is 2.16. The molecule has 1 saturated carbocycles.